The maximum Gasteiger partial charge on any atom is 0.150 e. The van der Waals surface area contributed by atoms with Crippen LogP contribution in [-0.4, -0.2) is 65.3 Å². The van der Waals surface area contributed by atoms with Crippen LogP contribution in [-0.2, 0) is 4.74 Å². The number of nitrogens with zero attached hydrogens (tertiary/aromatic N) is 5. The second-order valence-electron chi connectivity index (χ2n) is 8.52. The van der Waals surface area contributed by atoms with Gasteiger partial charge in [0.25, 0.3) is 0 Å². The van der Waals surface area contributed by atoms with Crippen LogP contribution in [0.2, 0.25) is 0 Å². The van der Waals surface area contributed by atoms with E-state index < -0.39 is 0 Å². The fourth-order valence-corrected chi connectivity index (χ4v) is 4.57. The number of nitrogen functional groups attached to an aromatic ring is 1. The molecular weight excluding hydrogens is 421 g/mol. The van der Waals surface area contributed by atoms with Crippen LogP contribution < -0.4 is 16.0 Å². The smallest absolute Gasteiger partial charge is 0.150 e. The first-order valence-electron chi connectivity index (χ1n) is 11.2. The lowest BCUT2D eigenvalue weighted by Gasteiger charge is -2.48. The van der Waals surface area contributed by atoms with Crippen molar-refractivity contribution in [1.29, 1.82) is 0 Å². The largest absolute Gasteiger partial charge is 0.383 e. The molecule has 2 fully saturated rings. The molecule has 2 aromatic heterocycles. The van der Waals surface area contributed by atoms with Gasteiger partial charge in [0.15, 0.2) is 0 Å². The molecule has 8 nitrogen and oxygen atoms in total. The number of hydrogen-bond acceptors (Lipinski definition) is 8. The van der Waals surface area contributed by atoms with Gasteiger partial charge >= 0.3 is 0 Å². The highest BCUT2D eigenvalue weighted by Gasteiger charge is 2.35. The Morgan fingerprint density at radius 3 is 2.58 bits per heavy atom. The SMILES string of the molecule is CC(c1ccc(F)cc1)c1c(N2CC(N3CCOCC3)C2)cc(Nc2cnccn2)nc1N. The summed E-state index contributed by atoms with van der Waals surface area (Å²) in [6, 6.07) is 9.10. The van der Waals surface area contributed by atoms with Crippen molar-refractivity contribution in [2.45, 2.75) is 18.9 Å². The molecule has 0 spiro atoms. The van der Waals surface area contributed by atoms with Crippen LogP contribution in [0.15, 0.2) is 48.9 Å². The minimum atomic E-state index is -0.253. The summed E-state index contributed by atoms with van der Waals surface area (Å²) >= 11 is 0. The maximum absolute atomic E-state index is 13.5. The van der Waals surface area contributed by atoms with E-state index in [1.807, 2.05) is 18.2 Å². The monoisotopic (exact) mass is 449 g/mol. The van der Waals surface area contributed by atoms with Crippen LogP contribution >= 0.6 is 0 Å². The zero-order valence-corrected chi connectivity index (χ0v) is 18.6. The van der Waals surface area contributed by atoms with Crippen LogP contribution in [0, 0.1) is 5.82 Å². The third-order valence-electron chi connectivity index (χ3n) is 6.45. The van der Waals surface area contributed by atoms with Gasteiger partial charge in [-0.25, -0.2) is 14.4 Å². The zero-order chi connectivity index (χ0) is 22.8. The van der Waals surface area contributed by atoms with Gasteiger partial charge in [-0.3, -0.25) is 9.88 Å². The fraction of sp³-hybridized carbons (Fsp3) is 0.375. The van der Waals surface area contributed by atoms with E-state index in [-0.39, 0.29) is 11.7 Å². The van der Waals surface area contributed by atoms with E-state index >= 15 is 0 Å². The van der Waals surface area contributed by atoms with Gasteiger partial charge in [0.05, 0.1) is 19.4 Å². The number of morpholine rings is 1. The maximum atomic E-state index is 13.5. The number of nitrogens with two attached hydrogens (primary N) is 1. The van der Waals surface area contributed by atoms with Crippen molar-refractivity contribution in [2.75, 3.05) is 55.3 Å². The van der Waals surface area contributed by atoms with Crippen molar-refractivity contribution in [2.24, 2.45) is 0 Å². The molecule has 0 radical (unpaired) electrons. The minimum absolute atomic E-state index is 0.0406. The Bertz CT molecular complexity index is 1080. The third-order valence-corrected chi connectivity index (χ3v) is 6.45. The highest BCUT2D eigenvalue weighted by Crippen LogP contribution is 2.40. The van der Waals surface area contributed by atoms with Crippen molar-refractivity contribution in [1.82, 2.24) is 19.9 Å². The highest BCUT2D eigenvalue weighted by atomic mass is 19.1. The van der Waals surface area contributed by atoms with Crippen LogP contribution in [0.3, 0.4) is 0 Å². The quantitative estimate of drug-likeness (QED) is 0.593. The Labute approximate surface area is 192 Å². The second kappa shape index (κ2) is 9.29. The van der Waals surface area contributed by atoms with Crippen molar-refractivity contribution in [3.05, 3.63) is 65.9 Å². The van der Waals surface area contributed by atoms with E-state index in [0.29, 0.717) is 23.5 Å². The molecule has 9 heteroatoms. The summed E-state index contributed by atoms with van der Waals surface area (Å²) in [5, 5.41) is 3.21. The van der Waals surface area contributed by atoms with E-state index in [2.05, 4.69) is 37.0 Å². The molecule has 0 amide bonds. The zero-order valence-electron chi connectivity index (χ0n) is 18.6. The second-order valence-corrected chi connectivity index (χ2v) is 8.52. The summed E-state index contributed by atoms with van der Waals surface area (Å²) in [6.07, 6.45) is 4.89. The Balaban J connectivity index is 1.45. The molecule has 2 aliphatic rings. The van der Waals surface area contributed by atoms with Gasteiger partial charge in [-0.15, -0.1) is 0 Å². The van der Waals surface area contributed by atoms with E-state index in [9.17, 15) is 4.39 Å². The predicted molar refractivity (Wildman–Crippen MR) is 126 cm³/mol. The van der Waals surface area contributed by atoms with Gasteiger partial charge in [0.1, 0.15) is 23.3 Å². The number of anilines is 4. The Morgan fingerprint density at radius 2 is 1.88 bits per heavy atom. The van der Waals surface area contributed by atoms with Gasteiger partial charge in [-0.1, -0.05) is 19.1 Å². The van der Waals surface area contributed by atoms with E-state index in [1.54, 1.807) is 18.6 Å². The first-order chi connectivity index (χ1) is 16.1. The Morgan fingerprint density at radius 1 is 1.12 bits per heavy atom. The Hall–Kier alpha value is -3.30. The molecule has 4 heterocycles. The van der Waals surface area contributed by atoms with Gasteiger partial charge < -0.3 is 20.7 Å². The number of nitrogens with one attached hydrogen (secondary N) is 1. The summed E-state index contributed by atoms with van der Waals surface area (Å²) in [7, 11) is 0. The summed E-state index contributed by atoms with van der Waals surface area (Å²) in [5.74, 6) is 1.38. The lowest BCUT2D eigenvalue weighted by atomic mass is 9.90. The minimum Gasteiger partial charge on any atom is -0.383 e. The van der Waals surface area contributed by atoms with E-state index in [4.69, 9.17) is 10.5 Å². The predicted octanol–water partition coefficient (Wildman–Crippen LogP) is 3.01. The molecule has 1 aromatic carbocycles. The average Bonchev–Trinajstić information content (AvgIpc) is 2.79. The molecule has 0 bridgehead atoms. The first kappa shape index (κ1) is 21.5. The van der Waals surface area contributed by atoms with E-state index in [0.717, 1.165) is 56.2 Å². The molecule has 33 heavy (non-hydrogen) atoms. The molecule has 2 aliphatic heterocycles. The van der Waals surface area contributed by atoms with Crippen LogP contribution in [0.5, 0.6) is 0 Å². The van der Waals surface area contributed by atoms with Crippen molar-refractivity contribution in [3.8, 4) is 0 Å². The third kappa shape index (κ3) is 4.60. The molecule has 2 saturated heterocycles. The van der Waals surface area contributed by atoms with E-state index in [1.165, 1.54) is 12.1 Å². The number of hydrogen-bond donors (Lipinski definition) is 2. The first-order valence-corrected chi connectivity index (χ1v) is 11.2. The molecule has 1 atom stereocenters. The lowest BCUT2D eigenvalue weighted by Crippen LogP contribution is -2.61. The topological polar surface area (TPSA) is 92.4 Å². The average molecular weight is 450 g/mol. The van der Waals surface area contributed by atoms with Gasteiger partial charge in [0.2, 0.25) is 0 Å². The number of benzene rings is 1. The van der Waals surface area contributed by atoms with Crippen molar-refractivity contribution >= 4 is 23.1 Å². The summed E-state index contributed by atoms with van der Waals surface area (Å²) in [4.78, 5) is 17.8. The lowest BCUT2D eigenvalue weighted by molar-refractivity contribution is 0.0105. The van der Waals surface area contributed by atoms with Crippen LogP contribution in [0.1, 0.15) is 24.0 Å². The number of rotatable bonds is 6. The number of ether oxygens (including phenoxy) is 1. The van der Waals surface area contributed by atoms with Crippen molar-refractivity contribution in [3.63, 3.8) is 0 Å². The highest BCUT2D eigenvalue weighted by molar-refractivity contribution is 5.72. The molecule has 5 rings (SSSR count). The van der Waals surface area contributed by atoms with Gasteiger partial charge in [-0.05, 0) is 17.7 Å². The Kier molecular flexibility index (Phi) is 6.06. The molecule has 1 unspecified atom stereocenters. The molecule has 3 aromatic rings. The number of halogens is 1. The number of pyridine rings is 1. The number of aromatic nitrogens is 3. The molecule has 3 N–H and O–H groups in total. The van der Waals surface area contributed by atoms with Crippen LogP contribution in [0.25, 0.3) is 0 Å². The molecule has 0 aliphatic carbocycles. The summed E-state index contributed by atoms with van der Waals surface area (Å²) < 4.78 is 19.0. The van der Waals surface area contributed by atoms with Crippen molar-refractivity contribution < 1.29 is 9.13 Å². The summed E-state index contributed by atoms with van der Waals surface area (Å²) in [5.41, 5.74) is 9.50. The molecular formula is C24H28FN7O. The van der Waals surface area contributed by atoms with Crippen LogP contribution in [0.4, 0.5) is 27.5 Å². The van der Waals surface area contributed by atoms with Gasteiger partial charge in [0, 0.05) is 67.8 Å². The normalized spacial score (nSPS) is 18.1. The van der Waals surface area contributed by atoms with Gasteiger partial charge in [-0.2, -0.15) is 0 Å². The fourth-order valence-electron chi connectivity index (χ4n) is 4.57. The molecule has 172 valence electrons. The molecule has 0 saturated carbocycles. The standard InChI is InChI=1S/C24H28FN7O/c1-16(17-2-4-18(25)5-3-17)23-20(32-14-19(15-32)31-8-10-33-11-9-31)12-21(30-24(23)26)29-22-13-27-6-7-28-22/h2-7,12-13,16,19H,8-11,14-15H2,1H3,(H3,26,28,29,30). The summed E-state index contributed by atoms with van der Waals surface area (Å²) in [6.45, 7) is 7.42.